The van der Waals surface area contributed by atoms with Gasteiger partial charge in [0.2, 0.25) is 0 Å². The predicted octanol–water partition coefficient (Wildman–Crippen LogP) is 2.34. The van der Waals surface area contributed by atoms with Crippen LogP contribution in [0.4, 0.5) is 0 Å². The van der Waals surface area contributed by atoms with Crippen LogP contribution in [0, 0.1) is 6.92 Å². The van der Waals surface area contributed by atoms with E-state index in [9.17, 15) is 9.59 Å². The van der Waals surface area contributed by atoms with E-state index in [0.717, 1.165) is 16.6 Å². The lowest BCUT2D eigenvalue weighted by Crippen LogP contribution is -2.20. The summed E-state index contributed by atoms with van der Waals surface area (Å²) in [6.45, 7) is 1.90. The van der Waals surface area contributed by atoms with Gasteiger partial charge >= 0.3 is 0 Å². The second kappa shape index (κ2) is 3.96. The highest BCUT2D eigenvalue weighted by molar-refractivity contribution is 6.36. The van der Waals surface area contributed by atoms with Crippen molar-refractivity contribution in [3.05, 3.63) is 55.7 Å². The van der Waals surface area contributed by atoms with Crippen molar-refractivity contribution in [1.82, 2.24) is 9.55 Å². The molecule has 1 N–H and O–H groups in total. The number of halogens is 1. The molecule has 0 saturated heterocycles. The number of pyridine rings is 2. The lowest BCUT2D eigenvalue weighted by Gasteiger charge is -2.11. The molecule has 4 nitrogen and oxygen atoms in total. The smallest absolute Gasteiger partial charge is 0.260 e. The topological polar surface area (TPSA) is 54.9 Å². The van der Waals surface area contributed by atoms with E-state index in [1.54, 1.807) is 19.3 Å². The summed E-state index contributed by atoms with van der Waals surface area (Å²) < 4.78 is 1.52. The maximum Gasteiger partial charge on any atom is 0.260 e. The van der Waals surface area contributed by atoms with E-state index in [1.165, 1.54) is 10.6 Å². The zero-order chi connectivity index (χ0) is 13.7. The molecule has 2 heterocycles. The SMILES string of the molecule is Cc1[nH]ccc2c3ccc(=O)c(Cl)c3c(=O)n(C)c12. The summed E-state index contributed by atoms with van der Waals surface area (Å²) in [7, 11) is 1.68. The molecule has 19 heavy (non-hydrogen) atoms. The molecule has 96 valence electrons. The number of hydrogen-bond acceptors (Lipinski definition) is 2. The first-order valence-corrected chi connectivity index (χ1v) is 6.19. The minimum Gasteiger partial charge on any atom is -0.364 e. The zero-order valence-electron chi connectivity index (χ0n) is 10.5. The Kier molecular flexibility index (Phi) is 2.50. The van der Waals surface area contributed by atoms with Gasteiger partial charge in [-0.2, -0.15) is 0 Å². The van der Waals surface area contributed by atoms with Crippen LogP contribution in [0.3, 0.4) is 0 Å². The second-order valence-electron chi connectivity index (χ2n) is 4.53. The first kappa shape index (κ1) is 12.0. The van der Waals surface area contributed by atoms with Crippen molar-refractivity contribution >= 4 is 33.3 Å². The first-order valence-electron chi connectivity index (χ1n) is 5.81. The van der Waals surface area contributed by atoms with Crippen LogP contribution in [0.15, 0.2) is 34.0 Å². The van der Waals surface area contributed by atoms with Gasteiger partial charge in [-0.15, -0.1) is 0 Å². The number of aromatic amines is 1. The summed E-state index contributed by atoms with van der Waals surface area (Å²) in [4.78, 5) is 27.1. The normalized spacial score (nSPS) is 11.3. The fourth-order valence-corrected chi connectivity index (χ4v) is 2.75. The van der Waals surface area contributed by atoms with Crippen LogP contribution in [-0.2, 0) is 7.05 Å². The number of nitrogens with one attached hydrogen (secondary N) is 1. The molecule has 0 aliphatic heterocycles. The number of benzene rings is 1. The number of aryl methyl sites for hydroxylation is 2. The van der Waals surface area contributed by atoms with Crippen molar-refractivity contribution in [2.75, 3.05) is 0 Å². The summed E-state index contributed by atoms with van der Waals surface area (Å²) in [5.74, 6) is 0. The number of fused-ring (bicyclic) bond motifs is 3. The second-order valence-corrected chi connectivity index (χ2v) is 4.91. The number of H-pyrrole nitrogens is 1. The molecule has 0 bridgehead atoms. The van der Waals surface area contributed by atoms with Gasteiger partial charge in [-0.3, -0.25) is 9.59 Å². The van der Waals surface area contributed by atoms with Gasteiger partial charge in [0.05, 0.1) is 10.9 Å². The maximum absolute atomic E-state index is 12.4. The molecule has 0 aliphatic rings. The third-order valence-electron chi connectivity index (χ3n) is 3.41. The summed E-state index contributed by atoms with van der Waals surface area (Å²) in [5.41, 5.74) is 1.12. The average Bonchev–Trinajstić information content (AvgIpc) is 2.39. The molecule has 3 rings (SSSR count). The Bertz CT molecular complexity index is 938. The standard InChI is InChI=1S/C14H11ClN2O2/c1-7-13-9(5-6-16-7)8-3-4-10(18)12(15)11(8)14(19)17(13)2/h3-6,16H,1-2H3. The quantitative estimate of drug-likeness (QED) is 0.640. The minimum atomic E-state index is -0.329. The van der Waals surface area contributed by atoms with Gasteiger partial charge in [-0.05, 0) is 30.5 Å². The van der Waals surface area contributed by atoms with Gasteiger partial charge in [0.1, 0.15) is 5.02 Å². The van der Waals surface area contributed by atoms with Crippen molar-refractivity contribution in [3.63, 3.8) is 0 Å². The molecule has 2 aromatic heterocycles. The molecule has 5 heteroatoms. The van der Waals surface area contributed by atoms with Gasteiger partial charge < -0.3 is 9.55 Å². The summed E-state index contributed by atoms with van der Waals surface area (Å²) in [6, 6.07) is 4.94. The molecule has 0 aliphatic carbocycles. The number of aromatic nitrogens is 2. The molecular formula is C14H11ClN2O2. The highest BCUT2D eigenvalue weighted by atomic mass is 35.5. The van der Waals surface area contributed by atoms with E-state index in [-0.39, 0.29) is 21.4 Å². The van der Waals surface area contributed by atoms with Crippen LogP contribution in [-0.4, -0.2) is 9.55 Å². The maximum atomic E-state index is 12.4. The summed E-state index contributed by atoms with van der Waals surface area (Å²) in [5, 5.41) is 1.88. The van der Waals surface area contributed by atoms with Gasteiger partial charge in [0.15, 0.2) is 5.43 Å². The minimum absolute atomic E-state index is 0.00881. The Labute approximate surface area is 113 Å². The Morgan fingerprint density at radius 3 is 2.63 bits per heavy atom. The van der Waals surface area contributed by atoms with E-state index in [1.807, 2.05) is 13.0 Å². The van der Waals surface area contributed by atoms with Gasteiger partial charge in [-0.1, -0.05) is 11.6 Å². The number of rotatable bonds is 0. The fraction of sp³-hybridized carbons (Fsp3) is 0.143. The summed E-state index contributed by atoms with van der Waals surface area (Å²) in [6.07, 6.45) is 1.81. The van der Waals surface area contributed by atoms with Crippen molar-refractivity contribution in [2.45, 2.75) is 6.92 Å². The Morgan fingerprint density at radius 2 is 1.89 bits per heavy atom. The Morgan fingerprint density at radius 1 is 1.16 bits per heavy atom. The van der Waals surface area contributed by atoms with Crippen LogP contribution in [0.1, 0.15) is 5.69 Å². The molecule has 1 aromatic carbocycles. The van der Waals surface area contributed by atoms with Crippen molar-refractivity contribution in [2.24, 2.45) is 7.05 Å². The molecule has 0 amide bonds. The third kappa shape index (κ3) is 1.53. The van der Waals surface area contributed by atoms with Crippen LogP contribution in [0.25, 0.3) is 21.7 Å². The van der Waals surface area contributed by atoms with Gasteiger partial charge in [0.25, 0.3) is 5.56 Å². The molecule has 0 unspecified atom stereocenters. The first-order chi connectivity index (χ1) is 9.02. The van der Waals surface area contributed by atoms with E-state index >= 15 is 0 Å². The molecule has 0 radical (unpaired) electrons. The molecular weight excluding hydrogens is 264 g/mol. The van der Waals surface area contributed by atoms with E-state index < -0.39 is 0 Å². The molecule has 0 fully saturated rings. The average molecular weight is 275 g/mol. The lowest BCUT2D eigenvalue weighted by atomic mass is 10.1. The third-order valence-corrected chi connectivity index (χ3v) is 3.79. The number of nitrogens with zero attached hydrogens (tertiary/aromatic N) is 1. The molecule has 0 atom stereocenters. The highest BCUT2D eigenvalue weighted by Gasteiger charge is 2.14. The van der Waals surface area contributed by atoms with Crippen LogP contribution in [0.2, 0.25) is 5.02 Å². The predicted molar refractivity (Wildman–Crippen MR) is 77.1 cm³/mol. The van der Waals surface area contributed by atoms with Gasteiger partial charge in [0, 0.05) is 24.3 Å². The van der Waals surface area contributed by atoms with E-state index in [2.05, 4.69) is 4.98 Å². The Hall–Kier alpha value is -2.07. The number of hydrogen-bond donors (Lipinski definition) is 1. The molecule has 0 saturated carbocycles. The zero-order valence-corrected chi connectivity index (χ0v) is 11.2. The van der Waals surface area contributed by atoms with E-state index in [4.69, 9.17) is 11.6 Å². The van der Waals surface area contributed by atoms with Crippen LogP contribution < -0.4 is 11.0 Å². The van der Waals surface area contributed by atoms with Crippen molar-refractivity contribution < 1.29 is 0 Å². The van der Waals surface area contributed by atoms with Crippen molar-refractivity contribution in [1.29, 1.82) is 0 Å². The monoisotopic (exact) mass is 274 g/mol. The van der Waals surface area contributed by atoms with Gasteiger partial charge in [-0.25, -0.2) is 0 Å². The fourth-order valence-electron chi connectivity index (χ4n) is 2.51. The molecule has 3 aromatic rings. The van der Waals surface area contributed by atoms with Crippen molar-refractivity contribution in [3.8, 4) is 0 Å². The van der Waals surface area contributed by atoms with Crippen LogP contribution in [0.5, 0.6) is 0 Å². The highest BCUT2D eigenvalue weighted by Crippen LogP contribution is 2.25. The Balaban J connectivity index is 2.79. The van der Waals surface area contributed by atoms with Crippen LogP contribution >= 0.6 is 11.6 Å². The summed E-state index contributed by atoms with van der Waals surface area (Å²) >= 11 is 6.01. The lowest BCUT2D eigenvalue weighted by molar-refractivity contribution is 0.907. The van der Waals surface area contributed by atoms with E-state index in [0.29, 0.717) is 5.39 Å². The molecule has 0 spiro atoms. The largest absolute Gasteiger partial charge is 0.364 e.